The first-order chi connectivity index (χ1) is 7.25. The summed E-state index contributed by atoms with van der Waals surface area (Å²) in [5.74, 6) is 0.151. The standard InChI is InChI=1S/C10H13N3O2/c14-10(15)2-1-4-12-6-7-13-5-3-11-9(13)8-12/h1-3,5H,4,6-8H2,(H,14,15)/b2-1+. The zero-order chi connectivity index (χ0) is 10.7. The Balaban J connectivity index is 1.90. The Hall–Kier alpha value is -1.62. The Kier molecular flexibility index (Phi) is 2.82. The third-order valence-corrected chi connectivity index (χ3v) is 2.45. The molecule has 0 bridgehead atoms. The van der Waals surface area contributed by atoms with E-state index in [1.807, 2.05) is 6.20 Å². The first kappa shape index (κ1) is 9.92. The number of aliphatic carboxylic acids is 1. The van der Waals surface area contributed by atoms with Crippen molar-refractivity contribution in [3.8, 4) is 0 Å². The van der Waals surface area contributed by atoms with Gasteiger partial charge in [0.15, 0.2) is 0 Å². The van der Waals surface area contributed by atoms with E-state index in [1.54, 1.807) is 12.3 Å². The van der Waals surface area contributed by atoms with Crippen molar-refractivity contribution in [2.75, 3.05) is 13.1 Å². The molecule has 2 rings (SSSR count). The minimum Gasteiger partial charge on any atom is -0.478 e. The van der Waals surface area contributed by atoms with E-state index in [4.69, 9.17) is 5.11 Å². The summed E-state index contributed by atoms with van der Waals surface area (Å²) < 4.78 is 2.12. The van der Waals surface area contributed by atoms with E-state index in [0.717, 1.165) is 25.5 Å². The highest BCUT2D eigenvalue weighted by Gasteiger charge is 2.14. The summed E-state index contributed by atoms with van der Waals surface area (Å²) in [6.07, 6.45) is 6.62. The van der Waals surface area contributed by atoms with Gasteiger partial charge in [0.05, 0.1) is 6.54 Å². The van der Waals surface area contributed by atoms with Crippen LogP contribution in [0.25, 0.3) is 0 Å². The minimum absolute atomic E-state index is 0.666. The molecule has 0 fully saturated rings. The molecular weight excluding hydrogens is 194 g/mol. The predicted octanol–water partition coefficient (Wildman–Crippen LogP) is 0.339. The van der Waals surface area contributed by atoms with Crippen LogP contribution in [0.3, 0.4) is 0 Å². The van der Waals surface area contributed by atoms with Gasteiger partial charge in [0, 0.05) is 38.1 Å². The molecule has 80 valence electrons. The van der Waals surface area contributed by atoms with Gasteiger partial charge < -0.3 is 9.67 Å². The number of carboxylic acid groups (broad SMARTS) is 1. The van der Waals surface area contributed by atoms with E-state index in [0.29, 0.717) is 6.54 Å². The van der Waals surface area contributed by atoms with Crippen LogP contribution in [0.2, 0.25) is 0 Å². The average molecular weight is 207 g/mol. The Bertz CT molecular complexity index is 384. The van der Waals surface area contributed by atoms with Crippen LogP contribution in [-0.4, -0.2) is 38.6 Å². The molecule has 1 aromatic heterocycles. The smallest absolute Gasteiger partial charge is 0.328 e. The third-order valence-electron chi connectivity index (χ3n) is 2.45. The van der Waals surface area contributed by atoms with Crippen LogP contribution >= 0.6 is 0 Å². The van der Waals surface area contributed by atoms with Crippen LogP contribution in [-0.2, 0) is 17.9 Å². The molecular formula is C10H13N3O2. The molecule has 2 heterocycles. The maximum atomic E-state index is 10.3. The molecule has 5 heteroatoms. The molecule has 0 saturated carbocycles. The van der Waals surface area contributed by atoms with Crippen molar-refractivity contribution in [1.82, 2.24) is 14.5 Å². The fourth-order valence-corrected chi connectivity index (χ4v) is 1.68. The van der Waals surface area contributed by atoms with Gasteiger partial charge in [-0.05, 0) is 0 Å². The fourth-order valence-electron chi connectivity index (χ4n) is 1.68. The number of rotatable bonds is 3. The van der Waals surface area contributed by atoms with Crippen molar-refractivity contribution in [2.24, 2.45) is 0 Å². The number of imidazole rings is 1. The van der Waals surface area contributed by atoms with Crippen molar-refractivity contribution < 1.29 is 9.90 Å². The Labute approximate surface area is 87.6 Å². The molecule has 1 aliphatic heterocycles. The summed E-state index contributed by atoms with van der Waals surface area (Å²) in [5.41, 5.74) is 0. The van der Waals surface area contributed by atoms with Gasteiger partial charge in [-0.15, -0.1) is 0 Å². The molecule has 1 N–H and O–H groups in total. The second kappa shape index (κ2) is 4.27. The topological polar surface area (TPSA) is 58.4 Å². The van der Waals surface area contributed by atoms with Crippen molar-refractivity contribution in [1.29, 1.82) is 0 Å². The number of carbonyl (C=O) groups is 1. The van der Waals surface area contributed by atoms with Crippen LogP contribution in [0.1, 0.15) is 5.82 Å². The lowest BCUT2D eigenvalue weighted by Gasteiger charge is -2.26. The lowest BCUT2D eigenvalue weighted by molar-refractivity contribution is -0.131. The van der Waals surface area contributed by atoms with E-state index in [2.05, 4.69) is 14.5 Å². The molecule has 0 amide bonds. The van der Waals surface area contributed by atoms with Gasteiger partial charge in [0.25, 0.3) is 0 Å². The van der Waals surface area contributed by atoms with Crippen LogP contribution in [0, 0.1) is 0 Å². The maximum Gasteiger partial charge on any atom is 0.328 e. The molecule has 5 nitrogen and oxygen atoms in total. The quantitative estimate of drug-likeness (QED) is 0.726. The highest BCUT2D eigenvalue weighted by molar-refractivity contribution is 5.79. The molecule has 1 aromatic rings. The van der Waals surface area contributed by atoms with E-state index in [9.17, 15) is 4.79 Å². The normalized spacial score (nSPS) is 16.8. The van der Waals surface area contributed by atoms with Gasteiger partial charge in [-0.25, -0.2) is 9.78 Å². The molecule has 15 heavy (non-hydrogen) atoms. The largest absolute Gasteiger partial charge is 0.478 e. The molecule has 0 aliphatic carbocycles. The Morgan fingerprint density at radius 2 is 2.47 bits per heavy atom. The van der Waals surface area contributed by atoms with Crippen molar-refractivity contribution in [3.63, 3.8) is 0 Å². The van der Waals surface area contributed by atoms with Crippen LogP contribution in [0.15, 0.2) is 24.5 Å². The lowest BCUT2D eigenvalue weighted by atomic mass is 10.3. The summed E-state index contributed by atoms with van der Waals surface area (Å²) in [7, 11) is 0. The van der Waals surface area contributed by atoms with Crippen LogP contribution in [0.4, 0.5) is 0 Å². The third kappa shape index (κ3) is 2.44. The minimum atomic E-state index is -0.895. The van der Waals surface area contributed by atoms with Crippen LogP contribution < -0.4 is 0 Å². The van der Waals surface area contributed by atoms with Gasteiger partial charge in [0.2, 0.25) is 0 Å². The Morgan fingerprint density at radius 1 is 1.60 bits per heavy atom. The van der Waals surface area contributed by atoms with Crippen LogP contribution in [0.5, 0.6) is 0 Å². The number of fused-ring (bicyclic) bond motifs is 1. The highest BCUT2D eigenvalue weighted by Crippen LogP contribution is 2.09. The van der Waals surface area contributed by atoms with E-state index in [1.165, 1.54) is 6.08 Å². The summed E-state index contributed by atoms with van der Waals surface area (Å²) in [5, 5.41) is 8.45. The molecule has 0 unspecified atom stereocenters. The first-order valence-corrected chi connectivity index (χ1v) is 4.87. The zero-order valence-electron chi connectivity index (χ0n) is 8.33. The maximum absolute atomic E-state index is 10.3. The molecule has 0 saturated heterocycles. The summed E-state index contributed by atoms with van der Waals surface area (Å²) >= 11 is 0. The first-order valence-electron chi connectivity index (χ1n) is 4.87. The summed E-state index contributed by atoms with van der Waals surface area (Å²) in [4.78, 5) is 16.7. The summed E-state index contributed by atoms with van der Waals surface area (Å²) in [6, 6.07) is 0. The summed E-state index contributed by atoms with van der Waals surface area (Å²) in [6.45, 7) is 3.32. The number of aromatic nitrogens is 2. The van der Waals surface area contributed by atoms with Gasteiger partial charge in [-0.2, -0.15) is 0 Å². The predicted molar refractivity (Wildman–Crippen MR) is 54.3 cm³/mol. The number of hydrogen-bond acceptors (Lipinski definition) is 3. The second-order valence-electron chi connectivity index (χ2n) is 3.51. The number of nitrogens with zero attached hydrogens (tertiary/aromatic N) is 3. The number of hydrogen-bond donors (Lipinski definition) is 1. The molecule has 0 atom stereocenters. The van der Waals surface area contributed by atoms with Gasteiger partial charge >= 0.3 is 5.97 Å². The molecule has 0 radical (unpaired) electrons. The molecule has 0 aromatic carbocycles. The van der Waals surface area contributed by atoms with Gasteiger partial charge in [0.1, 0.15) is 5.82 Å². The lowest BCUT2D eigenvalue weighted by Crippen LogP contribution is -2.33. The Morgan fingerprint density at radius 3 is 3.27 bits per heavy atom. The highest BCUT2D eigenvalue weighted by atomic mass is 16.4. The SMILES string of the molecule is O=C(O)/C=C/CN1CCn2ccnc2C1. The average Bonchev–Trinajstić information content (AvgIpc) is 2.64. The number of carboxylic acids is 1. The van der Waals surface area contributed by atoms with Gasteiger partial charge in [-0.3, -0.25) is 4.90 Å². The zero-order valence-corrected chi connectivity index (χ0v) is 8.33. The van der Waals surface area contributed by atoms with Gasteiger partial charge in [-0.1, -0.05) is 6.08 Å². The van der Waals surface area contributed by atoms with Crippen molar-refractivity contribution >= 4 is 5.97 Å². The monoisotopic (exact) mass is 207 g/mol. The fraction of sp³-hybridized carbons (Fsp3) is 0.400. The van der Waals surface area contributed by atoms with E-state index >= 15 is 0 Å². The molecule has 0 spiro atoms. The van der Waals surface area contributed by atoms with Crippen molar-refractivity contribution in [2.45, 2.75) is 13.1 Å². The van der Waals surface area contributed by atoms with Crippen molar-refractivity contribution in [3.05, 3.63) is 30.4 Å². The van der Waals surface area contributed by atoms with E-state index in [-0.39, 0.29) is 0 Å². The van der Waals surface area contributed by atoms with E-state index < -0.39 is 5.97 Å². The molecule has 1 aliphatic rings. The second-order valence-corrected chi connectivity index (χ2v) is 3.51.